The molecule has 0 spiro atoms. The van der Waals surface area contributed by atoms with Crippen LogP contribution in [0.1, 0.15) is 78.6 Å². The van der Waals surface area contributed by atoms with E-state index in [1.165, 1.54) is 0 Å². The molecule has 0 saturated heterocycles. The maximum Gasteiger partial charge on any atom is 0.133 e. The van der Waals surface area contributed by atoms with E-state index in [0.29, 0.717) is 17.8 Å². The fourth-order valence-corrected chi connectivity index (χ4v) is 7.85. The van der Waals surface area contributed by atoms with Gasteiger partial charge in [-0.15, -0.1) is 0 Å². The molecule has 0 aromatic rings. The third-order valence-electron chi connectivity index (χ3n) is 9.32. The molecule has 0 heterocycles. The van der Waals surface area contributed by atoms with Crippen LogP contribution in [0.4, 0.5) is 0 Å². The summed E-state index contributed by atoms with van der Waals surface area (Å²) in [6.45, 7) is 6.35. The zero-order valence-electron chi connectivity index (χ0n) is 15.6. The summed E-state index contributed by atoms with van der Waals surface area (Å²) < 4.78 is 0. The monoisotopic (exact) mass is 334 g/mol. The molecule has 136 valence electrons. The molecule has 4 rings (SSSR count). The largest absolute Gasteiger partial charge is 0.393 e. The molecule has 0 unspecified atom stereocenters. The van der Waals surface area contributed by atoms with Crippen molar-refractivity contribution >= 4 is 5.78 Å². The number of carbonyl (C=O) groups excluding carboxylic acids is 1. The van der Waals surface area contributed by atoms with E-state index in [-0.39, 0.29) is 28.6 Å². The van der Waals surface area contributed by atoms with Crippen LogP contribution in [0.5, 0.6) is 0 Å². The molecular weight excluding hydrogens is 300 g/mol. The molecule has 4 saturated carbocycles. The molecule has 8 atom stereocenters. The van der Waals surface area contributed by atoms with Crippen LogP contribution in [0.3, 0.4) is 0 Å². The Morgan fingerprint density at radius 3 is 2.42 bits per heavy atom. The van der Waals surface area contributed by atoms with Gasteiger partial charge in [-0.05, 0) is 87.9 Å². The molecule has 24 heavy (non-hydrogen) atoms. The molecule has 2 N–H and O–H groups in total. The summed E-state index contributed by atoms with van der Waals surface area (Å²) in [6, 6.07) is 0. The zero-order chi connectivity index (χ0) is 17.3. The number of aliphatic hydroxyl groups is 2. The van der Waals surface area contributed by atoms with Crippen LogP contribution < -0.4 is 0 Å². The molecule has 4 aliphatic carbocycles. The van der Waals surface area contributed by atoms with E-state index < -0.39 is 5.60 Å². The maximum atomic E-state index is 12.2. The van der Waals surface area contributed by atoms with Gasteiger partial charge in [0, 0.05) is 11.3 Å². The van der Waals surface area contributed by atoms with Gasteiger partial charge in [-0.2, -0.15) is 0 Å². The van der Waals surface area contributed by atoms with Crippen molar-refractivity contribution < 1.29 is 15.0 Å². The van der Waals surface area contributed by atoms with Crippen LogP contribution in [0.25, 0.3) is 0 Å². The Hall–Kier alpha value is -0.410. The molecule has 0 amide bonds. The van der Waals surface area contributed by atoms with Crippen molar-refractivity contribution in [2.24, 2.45) is 34.5 Å². The van der Waals surface area contributed by atoms with E-state index in [1.54, 1.807) is 6.92 Å². The molecule has 0 aliphatic heterocycles. The van der Waals surface area contributed by atoms with Crippen LogP contribution in [0.15, 0.2) is 0 Å². The predicted octanol–water partition coefficient (Wildman–Crippen LogP) is 3.71. The molecule has 0 bridgehead atoms. The average molecular weight is 335 g/mol. The first-order chi connectivity index (χ1) is 11.2. The lowest BCUT2D eigenvalue weighted by molar-refractivity contribution is -0.210. The first kappa shape index (κ1) is 17.0. The van der Waals surface area contributed by atoms with Crippen molar-refractivity contribution in [2.75, 3.05) is 0 Å². The Labute approximate surface area is 146 Å². The normalized spacial score (nSPS) is 57.0. The highest BCUT2D eigenvalue weighted by molar-refractivity contribution is 5.80. The van der Waals surface area contributed by atoms with Crippen molar-refractivity contribution in [3.05, 3.63) is 0 Å². The van der Waals surface area contributed by atoms with Crippen molar-refractivity contribution in [1.82, 2.24) is 0 Å². The second-order valence-corrected chi connectivity index (χ2v) is 10.0. The minimum atomic E-state index is -0.656. The number of hydrogen-bond donors (Lipinski definition) is 2. The van der Waals surface area contributed by atoms with Gasteiger partial charge < -0.3 is 10.2 Å². The summed E-state index contributed by atoms with van der Waals surface area (Å²) in [5.74, 6) is 1.83. The molecule has 0 aromatic heterocycles. The van der Waals surface area contributed by atoms with Gasteiger partial charge in [-0.3, -0.25) is 4.79 Å². The van der Waals surface area contributed by atoms with Gasteiger partial charge in [0.2, 0.25) is 0 Å². The van der Waals surface area contributed by atoms with E-state index in [9.17, 15) is 15.0 Å². The fourth-order valence-electron chi connectivity index (χ4n) is 7.85. The summed E-state index contributed by atoms with van der Waals surface area (Å²) >= 11 is 0. The summed E-state index contributed by atoms with van der Waals surface area (Å²) in [6.07, 6.45) is 8.87. The highest BCUT2D eigenvalue weighted by atomic mass is 16.3. The van der Waals surface area contributed by atoms with E-state index in [2.05, 4.69) is 13.8 Å². The standard InChI is InChI=1S/C21H34O3/c1-13(22)16-8-11-21(24)18-5-4-14-12-15(23)6-9-19(14,2)17(18)7-10-20(16,21)3/h14-18,23-24H,4-12H2,1-3H3/t14-,15+,16-,17-,18-,19+,20-,21+/m1/s1. The van der Waals surface area contributed by atoms with Gasteiger partial charge in [0.1, 0.15) is 5.78 Å². The van der Waals surface area contributed by atoms with Crippen LogP contribution in [0, 0.1) is 34.5 Å². The maximum absolute atomic E-state index is 12.2. The highest BCUT2D eigenvalue weighted by Gasteiger charge is 2.67. The number of ketones is 1. The molecule has 0 radical (unpaired) electrons. The quantitative estimate of drug-likeness (QED) is 0.768. The summed E-state index contributed by atoms with van der Waals surface area (Å²) in [5, 5.41) is 21.9. The number of rotatable bonds is 1. The highest BCUT2D eigenvalue weighted by Crippen LogP contribution is 2.69. The first-order valence-corrected chi connectivity index (χ1v) is 10.1. The lowest BCUT2D eigenvalue weighted by Crippen LogP contribution is -2.62. The predicted molar refractivity (Wildman–Crippen MR) is 93.4 cm³/mol. The average Bonchev–Trinajstić information content (AvgIpc) is 2.80. The van der Waals surface area contributed by atoms with Crippen molar-refractivity contribution in [3.63, 3.8) is 0 Å². The van der Waals surface area contributed by atoms with E-state index in [4.69, 9.17) is 0 Å². The summed E-state index contributed by atoms with van der Waals surface area (Å²) in [4.78, 5) is 12.2. The van der Waals surface area contributed by atoms with Gasteiger partial charge in [0.05, 0.1) is 11.7 Å². The number of hydrogen-bond acceptors (Lipinski definition) is 3. The topological polar surface area (TPSA) is 57.5 Å². The molecule has 3 nitrogen and oxygen atoms in total. The Bertz CT molecular complexity index is 545. The van der Waals surface area contributed by atoms with Crippen molar-refractivity contribution in [3.8, 4) is 0 Å². The number of carbonyl (C=O) groups is 1. The molecule has 0 aromatic carbocycles. The molecule has 4 aliphatic rings. The number of aliphatic hydroxyl groups excluding tert-OH is 1. The third kappa shape index (κ3) is 2.00. The van der Waals surface area contributed by atoms with Crippen molar-refractivity contribution in [2.45, 2.75) is 90.3 Å². The Morgan fingerprint density at radius 1 is 0.958 bits per heavy atom. The van der Waals surface area contributed by atoms with Gasteiger partial charge >= 0.3 is 0 Å². The van der Waals surface area contributed by atoms with Gasteiger partial charge in [-0.25, -0.2) is 0 Å². The number of Topliss-reactive ketones (excluding diaryl/α,β-unsaturated/α-hetero) is 1. The molecule has 4 fully saturated rings. The van der Waals surface area contributed by atoms with Crippen LogP contribution in [-0.2, 0) is 4.79 Å². The fraction of sp³-hybridized carbons (Fsp3) is 0.952. The second-order valence-electron chi connectivity index (χ2n) is 10.0. The number of fused-ring (bicyclic) bond motifs is 5. The Balaban J connectivity index is 1.68. The van der Waals surface area contributed by atoms with Crippen molar-refractivity contribution in [1.29, 1.82) is 0 Å². The van der Waals surface area contributed by atoms with Crippen LogP contribution >= 0.6 is 0 Å². The SMILES string of the molecule is CC(=O)[C@H]1CC[C@]2(O)[C@@H]3CC[C@@H]4C[C@@H](O)CC[C@]4(C)[C@@H]3CC[C@]12C. The lowest BCUT2D eigenvalue weighted by atomic mass is 9.43. The van der Waals surface area contributed by atoms with Gasteiger partial charge in [-0.1, -0.05) is 13.8 Å². The second kappa shape index (κ2) is 5.30. The summed E-state index contributed by atoms with van der Waals surface area (Å²) in [7, 11) is 0. The minimum Gasteiger partial charge on any atom is -0.393 e. The zero-order valence-corrected chi connectivity index (χ0v) is 15.6. The third-order valence-corrected chi connectivity index (χ3v) is 9.32. The Morgan fingerprint density at radius 2 is 1.71 bits per heavy atom. The smallest absolute Gasteiger partial charge is 0.133 e. The van der Waals surface area contributed by atoms with Gasteiger partial charge in [0.25, 0.3) is 0 Å². The summed E-state index contributed by atoms with van der Waals surface area (Å²) in [5.41, 5.74) is -0.610. The molecular formula is C21H34O3. The molecule has 3 heteroatoms. The van der Waals surface area contributed by atoms with Crippen LogP contribution in [0.2, 0.25) is 0 Å². The first-order valence-electron chi connectivity index (χ1n) is 10.1. The minimum absolute atomic E-state index is 0.0437. The van der Waals surface area contributed by atoms with Gasteiger partial charge in [0.15, 0.2) is 0 Å². The van der Waals surface area contributed by atoms with Crippen LogP contribution in [-0.4, -0.2) is 27.7 Å². The van der Waals surface area contributed by atoms with E-state index >= 15 is 0 Å². The lowest BCUT2D eigenvalue weighted by Gasteiger charge is -2.63. The Kier molecular flexibility index (Phi) is 3.76. The van der Waals surface area contributed by atoms with E-state index in [1.807, 2.05) is 0 Å². The van der Waals surface area contributed by atoms with E-state index in [0.717, 1.165) is 57.8 Å².